The van der Waals surface area contributed by atoms with Crippen molar-refractivity contribution in [3.05, 3.63) is 59.2 Å². The number of para-hydroxylation sites is 1. The molecule has 0 saturated carbocycles. The second-order valence-electron chi connectivity index (χ2n) is 7.24. The van der Waals surface area contributed by atoms with Crippen LogP contribution in [0.4, 0.5) is 0 Å². The first kappa shape index (κ1) is 22.0. The summed E-state index contributed by atoms with van der Waals surface area (Å²) in [6.07, 6.45) is 0.718. The summed E-state index contributed by atoms with van der Waals surface area (Å²) in [4.78, 5) is 17.4. The van der Waals surface area contributed by atoms with Crippen LogP contribution in [0, 0.1) is 13.8 Å². The summed E-state index contributed by atoms with van der Waals surface area (Å²) < 4.78 is 10.6. The van der Waals surface area contributed by atoms with Crippen LogP contribution < -0.4 is 14.8 Å². The lowest BCUT2D eigenvalue weighted by Crippen LogP contribution is -2.32. The molecular formula is C24H28N2O3S. The highest BCUT2D eigenvalue weighted by molar-refractivity contribution is 8.00. The van der Waals surface area contributed by atoms with Crippen molar-refractivity contribution in [2.45, 2.75) is 37.5 Å². The minimum atomic E-state index is -0.233. The van der Waals surface area contributed by atoms with Crippen molar-refractivity contribution in [3.8, 4) is 11.5 Å². The number of carbonyl (C=O) groups is 1. The number of fused-ring (bicyclic) bond motifs is 1. The van der Waals surface area contributed by atoms with Gasteiger partial charge >= 0.3 is 0 Å². The second kappa shape index (κ2) is 9.85. The smallest absolute Gasteiger partial charge is 0.233 e. The molecule has 1 amide bonds. The number of benzene rings is 2. The van der Waals surface area contributed by atoms with E-state index in [-0.39, 0.29) is 11.2 Å². The van der Waals surface area contributed by atoms with Gasteiger partial charge in [-0.2, -0.15) is 0 Å². The molecule has 3 aromatic rings. The van der Waals surface area contributed by atoms with Gasteiger partial charge in [-0.1, -0.05) is 36.0 Å². The van der Waals surface area contributed by atoms with Crippen LogP contribution in [-0.4, -0.2) is 36.9 Å². The van der Waals surface area contributed by atoms with Crippen molar-refractivity contribution in [2.75, 3.05) is 20.8 Å². The molecule has 0 aliphatic heterocycles. The number of methoxy groups -OCH3 is 2. The van der Waals surface area contributed by atoms with E-state index in [9.17, 15) is 4.79 Å². The van der Waals surface area contributed by atoms with Crippen LogP contribution >= 0.6 is 11.8 Å². The quantitative estimate of drug-likeness (QED) is 0.531. The normalized spacial score (nSPS) is 11.9. The molecule has 30 heavy (non-hydrogen) atoms. The molecule has 0 bridgehead atoms. The minimum absolute atomic E-state index is 0.00445. The Morgan fingerprint density at radius 1 is 1.07 bits per heavy atom. The predicted molar refractivity (Wildman–Crippen MR) is 123 cm³/mol. The SMILES string of the molecule is COc1ccc(CCNC(=O)C(C)Sc2cc(C)c3cccc(C)c3n2)cc1OC. The first-order chi connectivity index (χ1) is 14.4. The molecule has 6 heteroatoms. The fourth-order valence-corrected chi connectivity index (χ4v) is 4.28. The number of thioether (sulfide) groups is 1. The lowest BCUT2D eigenvalue weighted by atomic mass is 10.1. The van der Waals surface area contributed by atoms with E-state index in [2.05, 4.69) is 37.4 Å². The van der Waals surface area contributed by atoms with Crippen LogP contribution in [0.3, 0.4) is 0 Å². The number of carbonyl (C=O) groups excluding carboxylic acids is 1. The van der Waals surface area contributed by atoms with Gasteiger partial charge in [0, 0.05) is 11.9 Å². The number of rotatable bonds is 8. The highest BCUT2D eigenvalue weighted by atomic mass is 32.2. The van der Waals surface area contributed by atoms with Gasteiger partial charge in [-0.3, -0.25) is 4.79 Å². The zero-order valence-corrected chi connectivity index (χ0v) is 18.9. The van der Waals surface area contributed by atoms with Crippen LogP contribution in [0.25, 0.3) is 10.9 Å². The highest BCUT2D eigenvalue weighted by Crippen LogP contribution is 2.29. The Morgan fingerprint density at radius 2 is 1.83 bits per heavy atom. The van der Waals surface area contributed by atoms with Gasteiger partial charge in [-0.15, -0.1) is 0 Å². The number of hydrogen-bond acceptors (Lipinski definition) is 5. The minimum Gasteiger partial charge on any atom is -0.493 e. The Morgan fingerprint density at radius 3 is 2.57 bits per heavy atom. The number of aromatic nitrogens is 1. The Hall–Kier alpha value is -2.73. The summed E-state index contributed by atoms with van der Waals surface area (Å²) >= 11 is 1.49. The summed E-state index contributed by atoms with van der Waals surface area (Å²) in [6, 6.07) is 14.1. The van der Waals surface area contributed by atoms with E-state index in [0.29, 0.717) is 18.0 Å². The molecule has 0 radical (unpaired) electrons. The molecular weight excluding hydrogens is 396 g/mol. The Bertz CT molecular complexity index is 1050. The molecule has 0 aliphatic carbocycles. The molecule has 5 nitrogen and oxygen atoms in total. The van der Waals surface area contributed by atoms with Crippen LogP contribution in [0.5, 0.6) is 11.5 Å². The fraction of sp³-hybridized carbons (Fsp3) is 0.333. The summed E-state index contributed by atoms with van der Waals surface area (Å²) in [7, 11) is 3.23. The maximum absolute atomic E-state index is 12.6. The number of nitrogens with zero attached hydrogens (tertiary/aromatic N) is 1. The first-order valence-corrected chi connectivity index (χ1v) is 10.8. The molecule has 1 N–H and O–H groups in total. The maximum Gasteiger partial charge on any atom is 0.233 e. The van der Waals surface area contributed by atoms with Gasteiger partial charge in [0.1, 0.15) is 0 Å². The van der Waals surface area contributed by atoms with Crippen molar-refractivity contribution in [3.63, 3.8) is 0 Å². The standard InChI is InChI=1S/C24H28N2O3S/c1-15-7-6-8-19-16(2)13-22(26-23(15)19)30-17(3)24(27)25-12-11-18-9-10-20(28-4)21(14-18)29-5/h6-10,13-14,17H,11-12H2,1-5H3,(H,25,27). The highest BCUT2D eigenvalue weighted by Gasteiger charge is 2.16. The van der Waals surface area contributed by atoms with E-state index in [1.807, 2.05) is 31.2 Å². The Labute approximate surface area is 182 Å². The number of ether oxygens (including phenoxy) is 2. The fourth-order valence-electron chi connectivity index (χ4n) is 3.34. The van der Waals surface area contributed by atoms with Crippen LogP contribution in [-0.2, 0) is 11.2 Å². The number of hydrogen-bond donors (Lipinski definition) is 1. The largest absolute Gasteiger partial charge is 0.493 e. The van der Waals surface area contributed by atoms with Gasteiger partial charge in [0.05, 0.1) is 30.0 Å². The lowest BCUT2D eigenvalue weighted by Gasteiger charge is -2.14. The van der Waals surface area contributed by atoms with E-state index in [1.54, 1.807) is 14.2 Å². The molecule has 1 unspecified atom stereocenters. The van der Waals surface area contributed by atoms with Gasteiger partial charge in [0.2, 0.25) is 5.91 Å². The topological polar surface area (TPSA) is 60.5 Å². The van der Waals surface area contributed by atoms with Gasteiger partial charge in [-0.05, 0) is 62.1 Å². The van der Waals surface area contributed by atoms with E-state index in [4.69, 9.17) is 14.5 Å². The molecule has 0 saturated heterocycles. The Kier molecular flexibility index (Phi) is 7.21. The van der Waals surface area contributed by atoms with Crippen LogP contribution in [0.2, 0.25) is 0 Å². The van der Waals surface area contributed by atoms with Crippen LogP contribution in [0.15, 0.2) is 47.5 Å². The average Bonchev–Trinajstić information content (AvgIpc) is 2.74. The molecule has 0 aliphatic rings. The summed E-state index contributed by atoms with van der Waals surface area (Å²) in [6.45, 7) is 6.62. The summed E-state index contributed by atoms with van der Waals surface area (Å²) in [5.74, 6) is 1.40. The van der Waals surface area contributed by atoms with E-state index >= 15 is 0 Å². The van der Waals surface area contributed by atoms with Crippen molar-refractivity contribution in [2.24, 2.45) is 0 Å². The molecule has 0 spiro atoms. The molecule has 1 heterocycles. The van der Waals surface area contributed by atoms with E-state index in [0.717, 1.165) is 33.5 Å². The lowest BCUT2D eigenvalue weighted by molar-refractivity contribution is -0.120. The molecule has 158 valence electrons. The first-order valence-electron chi connectivity index (χ1n) is 9.95. The molecule has 0 fully saturated rings. The number of aryl methyl sites for hydroxylation is 2. The monoisotopic (exact) mass is 424 g/mol. The maximum atomic E-state index is 12.6. The summed E-state index contributed by atoms with van der Waals surface area (Å²) in [5, 5.41) is 4.82. The third kappa shape index (κ3) is 5.05. The average molecular weight is 425 g/mol. The van der Waals surface area contributed by atoms with Gasteiger partial charge in [0.15, 0.2) is 11.5 Å². The molecule has 3 rings (SSSR count). The zero-order valence-electron chi connectivity index (χ0n) is 18.1. The van der Waals surface area contributed by atoms with Gasteiger partial charge in [-0.25, -0.2) is 4.98 Å². The summed E-state index contributed by atoms with van der Waals surface area (Å²) in [5.41, 5.74) is 4.40. The van der Waals surface area contributed by atoms with Crippen LogP contribution in [0.1, 0.15) is 23.6 Å². The van der Waals surface area contributed by atoms with Gasteiger partial charge < -0.3 is 14.8 Å². The third-order valence-electron chi connectivity index (χ3n) is 5.05. The van der Waals surface area contributed by atoms with Crippen molar-refractivity contribution >= 4 is 28.6 Å². The van der Waals surface area contributed by atoms with E-state index < -0.39 is 0 Å². The van der Waals surface area contributed by atoms with Crippen molar-refractivity contribution < 1.29 is 14.3 Å². The Balaban J connectivity index is 1.59. The third-order valence-corrected chi connectivity index (χ3v) is 6.07. The van der Waals surface area contributed by atoms with Crippen molar-refractivity contribution in [1.29, 1.82) is 0 Å². The van der Waals surface area contributed by atoms with Crippen molar-refractivity contribution in [1.82, 2.24) is 10.3 Å². The van der Waals surface area contributed by atoms with Gasteiger partial charge in [0.25, 0.3) is 0 Å². The second-order valence-corrected chi connectivity index (χ2v) is 8.60. The zero-order chi connectivity index (χ0) is 21.7. The molecule has 1 atom stereocenters. The number of nitrogens with one attached hydrogen (secondary N) is 1. The molecule has 1 aromatic heterocycles. The van der Waals surface area contributed by atoms with E-state index in [1.165, 1.54) is 17.3 Å². The number of amides is 1. The molecule has 2 aromatic carbocycles. The predicted octanol–water partition coefficient (Wildman–Crippen LogP) is 4.71. The number of pyridine rings is 1.